The summed E-state index contributed by atoms with van der Waals surface area (Å²) < 4.78 is 0. The van der Waals surface area contributed by atoms with Crippen molar-refractivity contribution in [3.8, 4) is 0 Å². The highest BCUT2D eigenvalue weighted by atomic mass is 16.2. The zero-order chi connectivity index (χ0) is 12.7. The van der Waals surface area contributed by atoms with E-state index in [4.69, 9.17) is 0 Å². The topological polar surface area (TPSA) is 58.1 Å². The Kier molecular flexibility index (Phi) is 5.56. The molecule has 0 atom stereocenters. The summed E-state index contributed by atoms with van der Waals surface area (Å²) in [6.45, 7) is 3.43. The standard InChI is InChI=1S/C12H20N4O/c1-10-7-15-11(9-14-10)8-13-6-4-5-12(17)16(2)3/h7,9,13H,4-6,8H2,1-3H3. The predicted octanol–water partition coefficient (Wildman–Crippen LogP) is 0.743. The van der Waals surface area contributed by atoms with E-state index < -0.39 is 0 Å². The monoisotopic (exact) mass is 236 g/mol. The number of nitrogens with one attached hydrogen (secondary N) is 1. The summed E-state index contributed by atoms with van der Waals surface area (Å²) in [4.78, 5) is 21.3. The summed E-state index contributed by atoms with van der Waals surface area (Å²) >= 11 is 0. The molecule has 5 heteroatoms. The molecule has 17 heavy (non-hydrogen) atoms. The molecule has 0 radical (unpaired) electrons. The zero-order valence-electron chi connectivity index (χ0n) is 10.7. The van der Waals surface area contributed by atoms with Crippen LogP contribution in [-0.4, -0.2) is 41.4 Å². The van der Waals surface area contributed by atoms with E-state index in [1.165, 1.54) is 0 Å². The van der Waals surface area contributed by atoms with Gasteiger partial charge in [-0.1, -0.05) is 0 Å². The number of carbonyl (C=O) groups excluding carboxylic acids is 1. The first-order valence-electron chi connectivity index (χ1n) is 5.78. The van der Waals surface area contributed by atoms with Gasteiger partial charge in [0.25, 0.3) is 0 Å². The molecule has 1 rings (SSSR count). The molecule has 0 aliphatic rings. The average molecular weight is 236 g/mol. The first kappa shape index (κ1) is 13.6. The first-order valence-corrected chi connectivity index (χ1v) is 5.78. The van der Waals surface area contributed by atoms with Gasteiger partial charge < -0.3 is 10.2 Å². The van der Waals surface area contributed by atoms with Gasteiger partial charge in [-0.3, -0.25) is 14.8 Å². The van der Waals surface area contributed by atoms with Crippen LogP contribution in [0.2, 0.25) is 0 Å². The van der Waals surface area contributed by atoms with Gasteiger partial charge in [-0.2, -0.15) is 0 Å². The number of aryl methyl sites for hydroxylation is 1. The third kappa shape index (κ3) is 5.40. The van der Waals surface area contributed by atoms with Gasteiger partial charge in [-0.15, -0.1) is 0 Å². The SMILES string of the molecule is Cc1cnc(CNCCCC(=O)N(C)C)cn1. The van der Waals surface area contributed by atoms with Crippen molar-refractivity contribution in [2.45, 2.75) is 26.3 Å². The van der Waals surface area contributed by atoms with Gasteiger partial charge in [0, 0.05) is 39.5 Å². The van der Waals surface area contributed by atoms with Crippen LogP contribution in [0, 0.1) is 6.92 Å². The van der Waals surface area contributed by atoms with E-state index in [1.807, 2.05) is 6.92 Å². The molecule has 0 aliphatic heterocycles. The summed E-state index contributed by atoms with van der Waals surface area (Å²) in [6.07, 6.45) is 4.95. The van der Waals surface area contributed by atoms with Crippen LogP contribution in [0.3, 0.4) is 0 Å². The number of hydrogen-bond acceptors (Lipinski definition) is 4. The van der Waals surface area contributed by atoms with Crippen molar-refractivity contribution in [1.29, 1.82) is 0 Å². The molecular weight excluding hydrogens is 216 g/mol. The van der Waals surface area contributed by atoms with Crippen LogP contribution in [0.5, 0.6) is 0 Å². The quantitative estimate of drug-likeness (QED) is 0.740. The van der Waals surface area contributed by atoms with E-state index in [1.54, 1.807) is 31.4 Å². The van der Waals surface area contributed by atoms with Crippen LogP contribution >= 0.6 is 0 Å². The lowest BCUT2D eigenvalue weighted by Gasteiger charge is -2.09. The second kappa shape index (κ2) is 6.96. The second-order valence-electron chi connectivity index (χ2n) is 4.22. The molecular formula is C12H20N4O. The van der Waals surface area contributed by atoms with Gasteiger partial charge in [0.15, 0.2) is 0 Å². The summed E-state index contributed by atoms with van der Waals surface area (Å²) in [6, 6.07) is 0. The third-order valence-electron chi connectivity index (χ3n) is 2.38. The minimum Gasteiger partial charge on any atom is -0.349 e. The largest absolute Gasteiger partial charge is 0.349 e. The lowest BCUT2D eigenvalue weighted by atomic mass is 10.3. The van der Waals surface area contributed by atoms with Crippen LogP contribution in [0.15, 0.2) is 12.4 Å². The number of amides is 1. The van der Waals surface area contributed by atoms with Gasteiger partial charge in [0.2, 0.25) is 5.91 Å². The first-order chi connectivity index (χ1) is 8.09. The fourth-order valence-corrected chi connectivity index (χ4v) is 1.32. The molecule has 0 bridgehead atoms. The maximum absolute atomic E-state index is 11.3. The van der Waals surface area contributed by atoms with Crippen LogP contribution in [0.1, 0.15) is 24.2 Å². The third-order valence-corrected chi connectivity index (χ3v) is 2.38. The number of aromatic nitrogens is 2. The predicted molar refractivity (Wildman–Crippen MR) is 66.4 cm³/mol. The smallest absolute Gasteiger partial charge is 0.222 e. The van der Waals surface area contributed by atoms with Gasteiger partial charge >= 0.3 is 0 Å². The summed E-state index contributed by atoms with van der Waals surface area (Å²) in [7, 11) is 3.55. The molecule has 0 saturated carbocycles. The van der Waals surface area contributed by atoms with E-state index in [-0.39, 0.29) is 5.91 Å². The van der Waals surface area contributed by atoms with Crippen molar-refractivity contribution in [2.24, 2.45) is 0 Å². The Balaban J connectivity index is 2.12. The molecule has 0 saturated heterocycles. The van der Waals surface area contributed by atoms with Gasteiger partial charge in [0.1, 0.15) is 0 Å². The molecule has 94 valence electrons. The lowest BCUT2D eigenvalue weighted by Crippen LogP contribution is -2.23. The zero-order valence-corrected chi connectivity index (χ0v) is 10.7. The molecule has 0 unspecified atom stereocenters. The minimum atomic E-state index is 0.168. The second-order valence-corrected chi connectivity index (χ2v) is 4.22. The summed E-state index contributed by atoms with van der Waals surface area (Å²) in [5.74, 6) is 0.168. The van der Waals surface area contributed by atoms with E-state index >= 15 is 0 Å². The van der Waals surface area contributed by atoms with Crippen molar-refractivity contribution >= 4 is 5.91 Å². The Morgan fingerprint density at radius 3 is 2.71 bits per heavy atom. The summed E-state index contributed by atoms with van der Waals surface area (Å²) in [5, 5.41) is 3.24. The Morgan fingerprint density at radius 2 is 2.12 bits per heavy atom. The van der Waals surface area contributed by atoms with Crippen molar-refractivity contribution in [1.82, 2.24) is 20.2 Å². The Hall–Kier alpha value is -1.49. The van der Waals surface area contributed by atoms with Gasteiger partial charge in [-0.25, -0.2) is 0 Å². The average Bonchev–Trinajstić information content (AvgIpc) is 2.30. The Labute approximate surface area is 102 Å². The van der Waals surface area contributed by atoms with E-state index in [9.17, 15) is 4.79 Å². The molecule has 1 heterocycles. The molecule has 0 spiro atoms. The molecule has 1 aromatic heterocycles. The van der Waals surface area contributed by atoms with Crippen molar-refractivity contribution in [2.75, 3.05) is 20.6 Å². The lowest BCUT2D eigenvalue weighted by molar-refractivity contribution is -0.128. The normalized spacial score (nSPS) is 10.3. The van der Waals surface area contributed by atoms with E-state index in [2.05, 4.69) is 15.3 Å². The van der Waals surface area contributed by atoms with E-state index in [0.29, 0.717) is 13.0 Å². The fourth-order valence-electron chi connectivity index (χ4n) is 1.32. The highest BCUT2D eigenvalue weighted by Crippen LogP contribution is 1.95. The minimum absolute atomic E-state index is 0.168. The molecule has 1 N–H and O–H groups in total. The maximum atomic E-state index is 11.3. The van der Waals surface area contributed by atoms with Crippen molar-refractivity contribution < 1.29 is 4.79 Å². The van der Waals surface area contributed by atoms with Gasteiger partial charge in [-0.05, 0) is 19.9 Å². The van der Waals surface area contributed by atoms with Crippen LogP contribution in [0.4, 0.5) is 0 Å². The molecule has 1 amide bonds. The molecule has 0 aromatic carbocycles. The van der Waals surface area contributed by atoms with Gasteiger partial charge in [0.05, 0.1) is 11.4 Å². The van der Waals surface area contributed by atoms with Crippen molar-refractivity contribution in [3.63, 3.8) is 0 Å². The Morgan fingerprint density at radius 1 is 1.35 bits per heavy atom. The number of carbonyl (C=O) groups is 1. The number of nitrogens with zero attached hydrogens (tertiary/aromatic N) is 3. The Bertz CT molecular complexity index is 348. The highest BCUT2D eigenvalue weighted by Gasteiger charge is 2.02. The van der Waals surface area contributed by atoms with Crippen LogP contribution < -0.4 is 5.32 Å². The fraction of sp³-hybridized carbons (Fsp3) is 0.583. The van der Waals surface area contributed by atoms with Crippen LogP contribution in [-0.2, 0) is 11.3 Å². The van der Waals surface area contributed by atoms with Crippen molar-refractivity contribution in [3.05, 3.63) is 23.8 Å². The highest BCUT2D eigenvalue weighted by molar-refractivity contribution is 5.75. The van der Waals surface area contributed by atoms with Crippen LogP contribution in [0.25, 0.3) is 0 Å². The molecule has 0 fully saturated rings. The molecule has 1 aromatic rings. The number of hydrogen-bond donors (Lipinski definition) is 1. The summed E-state index contributed by atoms with van der Waals surface area (Å²) in [5.41, 5.74) is 1.85. The number of rotatable bonds is 6. The van der Waals surface area contributed by atoms with E-state index in [0.717, 1.165) is 24.4 Å². The maximum Gasteiger partial charge on any atom is 0.222 e. The molecule has 0 aliphatic carbocycles. The molecule has 5 nitrogen and oxygen atoms in total.